The third-order valence-electron chi connectivity index (χ3n) is 4.37. The molecular weight excluding hydrogens is 266 g/mol. The zero-order valence-electron chi connectivity index (χ0n) is 12.9. The van der Waals surface area contributed by atoms with E-state index in [0.29, 0.717) is 5.92 Å². The number of nitro groups is 1. The summed E-state index contributed by atoms with van der Waals surface area (Å²) in [5.41, 5.74) is 1.76. The Bertz CT molecular complexity index is 490. The second-order valence-corrected chi connectivity index (χ2v) is 5.96. The summed E-state index contributed by atoms with van der Waals surface area (Å²) in [5.74, 6) is 1.40. The number of nitro benzene ring substituents is 1. The van der Waals surface area contributed by atoms with Crippen LogP contribution in [0.4, 0.5) is 17.1 Å². The van der Waals surface area contributed by atoms with Crippen molar-refractivity contribution >= 4 is 17.1 Å². The molecule has 0 saturated heterocycles. The van der Waals surface area contributed by atoms with E-state index in [9.17, 15) is 10.1 Å². The molecule has 21 heavy (non-hydrogen) atoms. The SMILES string of the molecule is CCNc1cc(NCC2CCCCC2C)cc([N+](=O)[O-])c1. The summed E-state index contributed by atoms with van der Waals surface area (Å²) in [4.78, 5) is 10.7. The topological polar surface area (TPSA) is 67.2 Å². The highest BCUT2D eigenvalue weighted by Gasteiger charge is 2.21. The highest BCUT2D eigenvalue weighted by molar-refractivity contribution is 5.63. The Hall–Kier alpha value is -1.78. The molecule has 0 aromatic heterocycles. The molecule has 0 aliphatic heterocycles. The van der Waals surface area contributed by atoms with Crippen molar-refractivity contribution in [2.24, 2.45) is 11.8 Å². The molecule has 1 fully saturated rings. The Balaban J connectivity index is 2.05. The van der Waals surface area contributed by atoms with Crippen LogP contribution in [0.25, 0.3) is 0 Å². The molecule has 1 aliphatic rings. The van der Waals surface area contributed by atoms with E-state index < -0.39 is 0 Å². The summed E-state index contributed by atoms with van der Waals surface area (Å²) < 4.78 is 0. The van der Waals surface area contributed by atoms with Gasteiger partial charge in [0.25, 0.3) is 5.69 Å². The van der Waals surface area contributed by atoms with Gasteiger partial charge in [-0.25, -0.2) is 0 Å². The standard InChI is InChI=1S/C16H25N3O2/c1-3-17-14-8-15(10-16(9-14)19(20)21)18-11-13-7-5-4-6-12(13)2/h8-10,12-13,17-18H,3-7,11H2,1-2H3. The molecule has 0 spiro atoms. The van der Waals surface area contributed by atoms with E-state index in [1.54, 1.807) is 12.1 Å². The van der Waals surface area contributed by atoms with E-state index in [2.05, 4.69) is 17.6 Å². The molecule has 0 radical (unpaired) electrons. The molecule has 1 aliphatic carbocycles. The van der Waals surface area contributed by atoms with Crippen molar-refractivity contribution in [1.29, 1.82) is 0 Å². The number of nitrogens with one attached hydrogen (secondary N) is 2. The highest BCUT2D eigenvalue weighted by atomic mass is 16.6. The van der Waals surface area contributed by atoms with Crippen molar-refractivity contribution in [3.8, 4) is 0 Å². The Morgan fingerprint density at radius 1 is 1.19 bits per heavy atom. The Kier molecular flexibility index (Phi) is 5.42. The molecule has 5 heteroatoms. The van der Waals surface area contributed by atoms with E-state index >= 15 is 0 Å². The van der Waals surface area contributed by atoms with Crippen LogP contribution in [0.5, 0.6) is 0 Å². The maximum absolute atomic E-state index is 11.0. The van der Waals surface area contributed by atoms with E-state index in [1.165, 1.54) is 25.7 Å². The first kappa shape index (κ1) is 15.6. The van der Waals surface area contributed by atoms with E-state index in [4.69, 9.17) is 0 Å². The zero-order valence-corrected chi connectivity index (χ0v) is 12.9. The predicted octanol–water partition coefficient (Wildman–Crippen LogP) is 4.26. The van der Waals surface area contributed by atoms with Crippen molar-refractivity contribution in [1.82, 2.24) is 0 Å². The molecule has 5 nitrogen and oxygen atoms in total. The maximum Gasteiger partial charge on any atom is 0.273 e. The fourth-order valence-corrected chi connectivity index (χ4v) is 3.07. The van der Waals surface area contributed by atoms with Crippen LogP contribution in [0, 0.1) is 22.0 Å². The molecule has 116 valence electrons. The van der Waals surface area contributed by atoms with E-state index in [0.717, 1.165) is 30.4 Å². The van der Waals surface area contributed by atoms with Gasteiger partial charge >= 0.3 is 0 Å². The average Bonchev–Trinajstić information content (AvgIpc) is 2.46. The molecule has 2 atom stereocenters. The summed E-state index contributed by atoms with van der Waals surface area (Å²) >= 11 is 0. The fourth-order valence-electron chi connectivity index (χ4n) is 3.07. The van der Waals surface area contributed by atoms with Crippen molar-refractivity contribution in [2.45, 2.75) is 39.5 Å². The summed E-state index contributed by atoms with van der Waals surface area (Å²) in [6, 6.07) is 5.15. The number of hydrogen-bond acceptors (Lipinski definition) is 4. The van der Waals surface area contributed by atoms with Crippen LogP contribution < -0.4 is 10.6 Å². The number of nitrogens with zero attached hydrogens (tertiary/aromatic N) is 1. The molecule has 0 bridgehead atoms. The van der Waals surface area contributed by atoms with Crippen molar-refractivity contribution < 1.29 is 4.92 Å². The number of non-ortho nitro benzene ring substituents is 1. The minimum absolute atomic E-state index is 0.132. The summed E-state index contributed by atoms with van der Waals surface area (Å²) in [7, 11) is 0. The third-order valence-corrected chi connectivity index (χ3v) is 4.37. The van der Waals surface area contributed by atoms with Crippen molar-refractivity contribution in [3.63, 3.8) is 0 Å². The van der Waals surface area contributed by atoms with Crippen LogP contribution in [0.3, 0.4) is 0 Å². The quantitative estimate of drug-likeness (QED) is 0.607. The van der Waals surface area contributed by atoms with Crippen LogP contribution >= 0.6 is 0 Å². The Morgan fingerprint density at radius 2 is 1.86 bits per heavy atom. The molecular formula is C16H25N3O2. The van der Waals surface area contributed by atoms with Gasteiger partial charge in [0.2, 0.25) is 0 Å². The van der Waals surface area contributed by atoms with Gasteiger partial charge in [-0.05, 0) is 31.2 Å². The van der Waals surface area contributed by atoms with Crippen molar-refractivity contribution in [2.75, 3.05) is 23.7 Å². The van der Waals surface area contributed by atoms with Gasteiger partial charge in [0.1, 0.15) is 0 Å². The number of anilines is 2. The normalized spacial score (nSPS) is 21.8. The lowest BCUT2D eigenvalue weighted by Gasteiger charge is -2.29. The van der Waals surface area contributed by atoms with Crippen molar-refractivity contribution in [3.05, 3.63) is 28.3 Å². The number of benzene rings is 1. The van der Waals surface area contributed by atoms with Crippen LogP contribution in [-0.2, 0) is 0 Å². The fraction of sp³-hybridized carbons (Fsp3) is 0.625. The maximum atomic E-state index is 11.0. The van der Waals surface area contributed by atoms with Gasteiger partial charge in [-0.1, -0.05) is 26.2 Å². The molecule has 0 amide bonds. The van der Waals surface area contributed by atoms with Crippen LogP contribution in [0.15, 0.2) is 18.2 Å². The van der Waals surface area contributed by atoms with Crippen LogP contribution in [0.1, 0.15) is 39.5 Å². The molecule has 2 rings (SSSR count). The minimum atomic E-state index is -0.338. The summed E-state index contributed by atoms with van der Waals surface area (Å²) in [6.45, 7) is 5.94. The minimum Gasteiger partial charge on any atom is -0.385 e. The van der Waals surface area contributed by atoms with Gasteiger partial charge in [-0.2, -0.15) is 0 Å². The monoisotopic (exact) mass is 291 g/mol. The molecule has 1 saturated carbocycles. The molecule has 2 unspecified atom stereocenters. The second-order valence-electron chi connectivity index (χ2n) is 5.96. The van der Waals surface area contributed by atoms with Gasteiger partial charge in [-0.3, -0.25) is 10.1 Å². The number of hydrogen-bond donors (Lipinski definition) is 2. The largest absolute Gasteiger partial charge is 0.385 e. The smallest absolute Gasteiger partial charge is 0.273 e. The van der Waals surface area contributed by atoms with Gasteiger partial charge < -0.3 is 10.6 Å². The first-order valence-corrected chi connectivity index (χ1v) is 7.87. The summed E-state index contributed by atoms with van der Waals surface area (Å²) in [5, 5.41) is 17.6. The van der Waals surface area contributed by atoms with Crippen LogP contribution in [0.2, 0.25) is 0 Å². The van der Waals surface area contributed by atoms with Gasteiger partial charge in [0, 0.05) is 36.6 Å². The molecule has 1 aromatic rings. The first-order valence-electron chi connectivity index (χ1n) is 7.87. The lowest BCUT2D eigenvalue weighted by atomic mass is 9.80. The van der Waals surface area contributed by atoms with E-state index in [1.807, 2.05) is 13.0 Å². The van der Waals surface area contributed by atoms with Gasteiger partial charge in [0.15, 0.2) is 0 Å². The Labute approximate surface area is 126 Å². The lowest BCUT2D eigenvalue weighted by molar-refractivity contribution is -0.384. The second kappa shape index (κ2) is 7.29. The highest BCUT2D eigenvalue weighted by Crippen LogP contribution is 2.30. The number of rotatable bonds is 6. The van der Waals surface area contributed by atoms with E-state index in [-0.39, 0.29) is 10.6 Å². The zero-order chi connectivity index (χ0) is 15.2. The van der Waals surface area contributed by atoms with Gasteiger partial charge in [0.05, 0.1) is 4.92 Å². The first-order chi connectivity index (χ1) is 10.1. The predicted molar refractivity (Wildman–Crippen MR) is 86.9 cm³/mol. The molecule has 0 heterocycles. The Morgan fingerprint density at radius 3 is 2.48 bits per heavy atom. The lowest BCUT2D eigenvalue weighted by Crippen LogP contribution is -2.24. The molecule has 2 N–H and O–H groups in total. The van der Waals surface area contributed by atoms with Crippen LogP contribution in [-0.4, -0.2) is 18.0 Å². The molecule has 1 aromatic carbocycles. The summed E-state index contributed by atoms with van der Waals surface area (Å²) in [6.07, 6.45) is 5.18. The average molecular weight is 291 g/mol. The third kappa shape index (κ3) is 4.34. The van der Waals surface area contributed by atoms with Gasteiger partial charge in [-0.15, -0.1) is 0 Å².